The summed E-state index contributed by atoms with van der Waals surface area (Å²) < 4.78 is 8.93. The van der Waals surface area contributed by atoms with Gasteiger partial charge in [0.1, 0.15) is 6.26 Å². The summed E-state index contributed by atoms with van der Waals surface area (Å²) >= 11 is 0. The van der Waals surface area contributed by atoms with Gasteiger partial charge in [0.2, 0.25) is 5.82 Å². The number of hydrogen-bond acceptors (Lipinski definition) is 6. The van der Waals surface area contributed by atoms with Crippen molar-refractivity contribution >= 4 is 5.97 Å². The molecule has 0 amide bonds. The molecule has 7 heteroatoms. The molecule has 2 aromatic heterocycles. The summed E-state index contributed by atoms with van der Waals surface area (Å²) in [6.45, 7) is 0. The van der Waals surface area contributed by atoms with Crippen LogP contribution < -0.4 is 0 Å². The van der Waals surface area contributed by atoms with Crippen LogP contribution in [-0.4, -0.2) is 26.4 Å². The van der Waals surface area contributed by atoms with Gasteiger partial charge in [0.05, 0.1) is 0 Å². The molecule has 2 rings (SSSR count). The molecule has 0 bridgehead atoms. The van der Waals surface area contributed by atoms with Crippen LogP contribution in [-0.2, 0) is 0 Å². The van der Waals surface area contributed by atoms with Gasteiger partial charge in [-0.2, -0.15) is 4.98 Å². The predicted octanol–water partition coefficient (Wildman–Crippen LogP) is 0.423. The maximum absolute atomic E-state index is 10.3. The molecule has 66 valence electrons. The summed E-state index contributed by atoms with van der Waals surface area (Å²) in [6, 6.07) is 1.50. The Kier molecular flexibility index (Phi) is 1.55. The van der Waals surface area contributed by atoms with E-state index in [2.05, 4.69) is 24.3 Å². The smallest absolute Gasteiger partial charge is 0.394 e. The lowest BCUT2D eigenvalue weighted by Crippen LogP contribution is -1.95. The zero-order valence-electron chi connectivity index (χ0n) is 6.17. The Morgan fingerprint density at radius 3 is 2.85 bits per heavy atom. The first kappa shape index (κ1) is 7.47. The quantitative estimate of drug-likeness (QED) is 0.716. The van der Waals surface area contributed by atoms with Gasteiger partial charge in [-0.1, -0.05) is 10.3 Å². The molecule has 0 atom stereocenters. The Labute approximate surface area is 71.0 Å². The van der Waals surface area contributed by atoms with Crippen LogP contribution in [0.1, 0.15) is 10.7 Å². The van der Waals surface area contributed by atoms with Gasteiger partial charge < -0.3 is 14.2 Å². The first-order valence-corrected chi connectivity index (χ1v) is 3.25. The molecule has 0 aliphatic heterocycles. The second-order valence-electron chi connectivity index (χ2n) is 2.11. The van der Waals surface area contributed by atoms with E-state index in [0.717, 1.165) is 0 Å². The minimum atomic E-state index is -1.28. The second kappa shape index (κ2) is 2.70. The lowest BCUT2D eigenvalue weighted by molar-refractivity contribution is 0.0643. The average Bonchev–Trinajstić information content (AvgIpc) is 2.75. The highest BCUT2D eigenvalue weighted by atomic mass is 16.5. The molecule has 13 heavy (non-hydrogen) atoms. The molecular weight excluding hydrogens is 178 g/mol. The summed E-state index contributed by atoms with van der Waals surface area (Å²) in [5, 5.41) is 15.4. The third-order valence-electron chi connectivity index (χ3n) is 1.28. The van der Waals surface area contributed by atoms with Crippen LogP contribution >= 0.6 is 0 Å². The van der Waals surface area contributed by atoms with Crippen LogP contribution in [0.3, 0.4) is 0 Å². The average molecular weight is 181 g/mol. The normalized spacial score (nSPS) is 10.2. The Balaban J connectivity index is 2.39. The van der Waals surface area contributed by atoms with E-state index in [0.29, 0.717) is 5.69 Å². The van der Waals surface area contributed by atoms with Gasteiger partial charge in [0.25, 0.3) is 0 Å². The molecule has 0 saturated heterocycles. The number of aromatic nitrogens is 3. The minimum Gasteiger partial charge on any atom is -0.474 e. The monoisotopic (exact) mass is 181 g/mol. The SMILES string of the molecule is O=C(O)c1nc(-c2ccon2)no1. The molecule has 0 unspecified atom stereocenters. The molecule has 0 radical (unpaired) electrons. The first-order valence-electron chi connectivity index (χ1n) is 3.25. The second-order valence-corrected chi connectivity index (χ2v) is 2.11. The van der Waals surface area contributed by atoms with Crippen molar-refractivity contribution in [3.05, 3.63) is 18.2 Å². The molecule has 0 fully saturated rings. The standard InChI is InChI=1S/C6H3N3O4/c10-6(11)5-7-4(9-13-5)3-1-2-12-8-3/h1-2H,(H,10,11). The summed E-state index contributed by atoms with van der Waals surface area (Å²) in [7, 11) is 0. The van der Waals surface area contributed by atoms with Gasteiger partial charge in [0, 0.05) is 6.07 Å². The minimum absolute atomic E-state index is 0.0890. The Hall–Kier alpha value is -2.18. The van der Waals surface area contributed by atoms with Crippen molar-refractivity contribution in [2.24, 2.45) is 0 Å². The summed E-state index contributed by atoms with van der Waals surface area (Å²) in [4.78, 5) is 13.9. The van der Waals surface area contributed by atoms with Crippen LogP contribution in [0.15, 0.2) is 21.4 Å². The molecule has 1 N–H and O–H groups in total. The van der Waals surface area contributed by atoms with Gasteiger partial charge in [0.15, 0.2) is 5.69 Å². The fourth-order valence-corrected chi connectivity index (χ4v) is 0.742. The lowest BCUT2D eigenvalue weighted by atomic mass is 10.4. The highest BCUT2D eigenvalue weighted by Gasteiger charge is 2.15. The van der Waals surface area contributed by atoms with Gasteiger partial charge in [-0.25, -0.2) is 4.79 Å². The first-order chi connectivity index (χ1) is 6.27. The fourth-order valence-electron chi connectivity index (χ4n) is 0.742. The molecule has 0 aliphatic rings. The molecule has 0 spiro atoms. The van der Waals surface area contributed by atoms with Crippen molar-refractivity contribution in [1.82, 2.24) is 15.3 Å². The Bertz CT molecular complexity index is 419. The molecule has 0 aliphatic carbocycles. The van der Waals surface area contributed by atoms with E-state index in [1.165, 1.54) is 12.3 Å². The molecule has 2 heterocycles. The van der Waals surface area contributed by atoms with Crippen molar-refractivity contribution in [2.45, 2.75) is 0 Å². The summed E-state index contributed by atoms with van der Waals surface area (Å²) in [5.41, 5.74) is 0.330. The topological polar surface area (TPSA) is 102 Å². The molecule has 0 saturated carbocycles. The zero-order chi connectivity index (χ0) is 9.26. The number of rotatable bonds is 2. The zero-order valence-corrected chi connectivity index (χ0v) is 6.17. The number of hydrogen-bond donors (Lipinski definition) is 1. The third-order valence-corrected chi connectivity index (χ3v) is 1.28. The molecule has 7 nitrogen and oxygen atoms in total. The van der Waals surface area contributed by atoms with Crippen molar-refractivity contribution in [1.29, 1.82) is 0 Å². The number of nitrogens with zero attached hydrogens (tertiary/aromatic N) is 3. The van der Waals surface area contributed by atoms with Crippen LogP contribution in [0.25, 0.3) is 11.5 Å². The van der Waals surface area contributed by atoms with Crippen LogP contribution in [0, 0.1) is 0 Å². The van der Waals surface area contributed by atoms with E-state index < -0.39 is 11.9 Å². The number of carbonyl (C=O) groups is 1. The lowest BCUT2D eigenvalue weighted by Gasteiger charge is -1.78. The van der Waals surface area contributed by atoms with Gasteiger partial charge >= 0.3 is 11.9 Å². The van der Waals surface area contributed by atoms with Gasteiger partial charge in [-0.3, -0.25) is 0 Å². The molecule has 2 aromatic rings. The van der Waals surface area contributed by atoms with Crippen LogP contribution in [0.4, 0.5) is 0 Å². The summed E-state index contributed by atoms with van der Waals surface area (Å²) in [6.07, 6.45) is 1.33. The maximum Gasteiger partial charge on any atom is 0.394 e. The van der Waals surface area contributed by atoms with Crippen molar-refractivity contribution < 1.29 is 18.9 Å². The number of carboxylic acid groups (broad SMARTS) is 1. The maximum atomic E-state index is 10.3. The number of carboxylic acids is 1. The van der Waals surface area contributed by atoms with Gasteiger partial charge in [-0.05, 0) is 0 Å². The van der Waals surface area contributed by atoms with E-state index in [9.17, 15) is 4.79 Å². The number of aromatic carboxylic acids is 1. The fraction of sp³-hybridized carbons (Fsp3) is 0. The predicted molar refractivity (Wildman–Crippen MR) is 36.8 cm³/mol. The Morgan fingerprint density at radius 2 is 2.31 bits per heavy atom. The van der Waals surface area contributed by atoms with E-state index in [1.807, 2.05) is 0 Å². The molecule has 0 aromatic carbocycles. The van der Waals surface area contributed by atoms with Crippen molar-refractivity contribution in [3.8, 4) is 11.5 Å². The largest absolute Gasteiger partial charge is 0.474 e. The van der Waals surface area contributed by atoms with E-state index in [1.54, 1.807) is 0 Å². The molecular formula is C6H3N3O4. The van der Waals surface area contributed by atoms with Crippen LogP contribution in [0.5, 0.6) is 0 Å². The van der Waals surface area contributed by atoms with Crippen molar-refractivity contribution in [3.63, 3.8) is 0 Å². The third kappa shape index (κ3) is 1.26. The highest BCUT2D eigenvalue weighted by molar-refractivity contribution is 5.82. The highest BCUT2D eigenvalue weighted by Crippen LogP contribution is 2.11. The van der Waals surface area contributed by atoms with Gasteiger partial charge in [-0.15, -0.1) is 0 Å². The van der Waals surface area contributed by atoms with E-state index in [4.69, 9.17) is 5.11 Å². The van der Waals surface area contributed by atoms with Crippen LogP contribution in [0.2, 0.25) is 0 Å². The van der Waals surface area contributed by atoms with E-state index in [-0.39, 0.29) is 5.82 Å². The van der Waals surface area contributed by atoms with Crippen molar-refractivity contribution in [2.75, 3.05) is 0 Å². The Morgan fingerprint density at radius 1 is 1.46 bits per heavy atom. The van der Waals surface area contributed by atoms with E-state index >= 15 is 0 Å². The summed E-state index contributed by atoms with van der Waals surface area (Å²) in [5.74, 6) is -1.66.